The summed E-state index contributed by atoms with van der Waals surface area (Å²) in [6, 6.07) is 7.72. The molecule has 0 aliphatic carbocycles. The van der Waals surface area contributed by atoms with Gasteiger partial charge in [-0.1, -0.05) is 31.8 Å². The van der Waals surface area contributed by atoms with Crippen LogP contribution in [0.3, 0.4) is 0 Å². The van der Waals surface area contributed by atoms with E-state index < -0.39 is 15.9 Å². The lowest BCUT2D eigenvalue weighted by atomic mass is 10.2. The molecule has 11 heteroatoms. The van der Waals surface area contributed by atoms with E-state index in [0.717, 1.165) is 25.7 Å². The highest BCUT2D eigenvalue weighted by atomic mass is 32.2. The van der Waals surface area contributed by atoms with Crippen LogP contribution in [0.1, 0.15) is 69.8 Å². The van der Waals surface area contributed by atoms with Crippen LogP contribution in [0.15, 0.2) is 45.8 Å². The summed E-state index contributed by atoms with van der Waals surface area (Å²) in [6.07, 6.45) is 5.23. The monoisotopic (exact) mass is 488 g/mol. The number of amides is 1. The molecule has 34 heavy (non-hydrogen) atoms. The third kappa shape index (κ3) is 6.09. The summed E-state index contributed by atoms with van der Waals surface area (Å²) in [5.41, 5.74) is 0.781. The predicted molar refractivity (Wildman–Crippen MR) is 129 cm³/mol. The van der Waals surface area contributed by atoms with Crippen molar-refractivity contribution in [2.24, 2.45) is 0 Å². The molecule has 0 saturated heterocycles. The van der Waals surface area contributed by atoms with E-state index in [4.69, 9.17) is 4.42 Å². The number of aromatic nitrogens is 4. The molecule has 0 bridgehead atoms. The van der Waals surface area contributed by atoms with Crippen molar-refractivity contribution < 1.29 is 17.6 Å². The molecule has 0 fully saturated rings. The molecule has 1 N–H and O–H groups in total. The number of benzene rings is 1. The van der Waals surface area contributed by atoms with Gasteiger partial charge in [0.25, 0.3) is 11.8 Å². The second-order valence-electron chi connectivity index (χ2n) is 8.28. The number of hydrogen-bond donors (Lipinski definition) is 1. The fourth-order valence-electron chi connectivity index (χ4n) is 3.23. The Bertz CT molecular complexity index is 1180. The van der Waals surface area contributed by atoms with Crippen molar-refractivity contribution in [1.29, 1.82) is 0 Å². The van der Waals surface area contributed by atoms with Crippen LogP contribution < -0.4 is 5.32 Å². The minimum Gasteiger partial charge on any atom is -0.401 e. The molecule has 10 nitrogen and oxygen atoms in total. The van der Waals surface area contributed by atoms with Crippen LogP contribution in [-0.4, -0.2) is 51.7 Å². The standard InChI is InChI=1S/C23H32N6O4S/c1-5-7-14-28(15-8-6-2)34(31,32)19-11-9-18(10-12-19)21(30)24-23-26-25-22(33-23)20-13-16-29(27-20)17(3)4/h9-13,16-17H,5-8,14-15H2,1-4H3,(H,24,26,30). The first-order chi connectivity index (χ1) is 16.3. The predicted octanol–water partition coefficient (Wildman–Crippen LogP) is 4.36. The molecular weight excluding hydrogens is 456 g/mol. The van der Waals surface area contributed by atoms with Gasteiger partial charge >= 0.3 is 6.01 Å². The van der Waals surface area contributed by atoms with Gasteiger partial charge in [0.15, 0.2) is 0 Å². The molecule has 1 aromatic carbocycles. The molecule has 3 aromatic rings. The maximum absolute atomic E-state index is 13.1. The lowest BCUT2D eigenvalue weighted by Gasteiger charge is -2.22. The zero-order chi connectivity index (χ0) is 24.7. The smallest absolute Gasteiger partial charge is 0.322 e. The lowest BCUT2D eigenvalue weighted by Crippen LogP contribution is -2.33. The van der Waals surface area contributed by atoms with Crippen molar-refractivity contribution >= 4 is 21.9 Å². The number of carbonyl (C=O) groups is 1. The second kappa shape index (κ2) is 11.4. The number of rotatable bonds is 12. The lowest BCUT2D eigenvalue weighted by molar-refractivity contribution is 0.102. The number of hydrogen-bond acceptors (Lipinski definition) is 7. The fourth-order valence-corrected chi connectivity index (χ4v) is 4.75. The summed E-state index contributed by atoms with van der Waals surface area (Å²) in [5.74, 6) is -0.295. The Morgan fingerprint density at radius 3 is 2.26 bits per heavy atom. The molecule has 0 aliphatic heterocycles. The maximum Gasteiger partial charge on any atom is 0.322 e. The average Bonchev–Trinajstić information content (AvgIpc) is 3.49. The molecule has 0 radical (unpaired) electrons. The largest absolute Gasteiger partial charge is 0.401 e. The van der Waals surface area contributed by atoms with Gasteiger partial charge < -0.3 is 4.42 Å². The molecule has 184 valence electrons. The normalized spacial score (nSPS) is 11.9. The van der Waals surface area contributed by atoms with Gasteiger partial charge in [0.2, 0.25) is 10.0 Å². The van der Waals surface area contributed by atoms with E-state index in [1.165, 1.54) is 28.6 Å². The molecule has 0 saturated carbocycles. The molecule has 3 rings (SSSR count). The van der Waals surface area contributed by atoms with Gasteiger partial charge in [-0.2, -0.15) is 9.40 Å². The first kappa shape index (κ1) is 25.6. The van der Waals surface area contributed by atoms with Crippen molar-refractivity contribution in [3.05, 3.63) is 42.1 Å². The van der Waals surface area contributed by atoms with E-state index in [2.05, 4.69) is 20.6 Å². The Balaban J connectivity index is 1.69. The number of sulfonamides is 1. The number of nitrogens with one attached hydrogen (secondary N) is 1. The zero-order valence-electron chi connectivity index (χ0n) is 20.1. The number of anilines is 1. The van der Waals surface area contributed by atoms with Gasteiger partial charge in [-0.3, -0.25) is 14.8 Å². The van der Waals surface area contributed by atoms with Crippen LogP contribution in [-0.2, 0) is 10.0 Å². The quantitative estimate of drug-likeness (QED) is 0.402. The van der Waals surface area contributed by atoms with Crippen molar-refractivity contribution in [3.8, 4) is 11.6 Å². The second-order valence-corrected chi connectivity index (χ2v) is 10.2. The minimum atomic E-state index is -3.63. The summed E-state index contributed by atoms with van der Waals surface area (Å²) in [6.45, 7) is 9.03. The molecule has 0 spiro atoms. The SMILES string of the molecule is CCCCN(CCCC)S(=O)(=O)c1ccc(C(=O)Nc2nnc(-c3ccn(C(C)C)n3)o2)cc1. The van der Waals surface area contributed by atoms with Gasteiger partial charge in [-0.25, -0.2) is 8.42 Å². The third-order valence-electron chi connectivity index (χ3n) is 5.28. The Kier molecular flexibility index (Phi) is 8.56. The van der Waals surface area contributed by atoms with Gasteiger partial charge in [-0.05, 0) is 57.0 Å². The van der Waals surface area contributed by atoms with Crippen molar-refractivity contribution in [2.75, 3.05) is 18.4 Å². The van der Waals surface area contributed by atoms with E-state index in [0.29, 0.717) is 18.8 Å². The molecule has 2 heterocycles. The molecule has 0 atom stereocenters. The van der Waals surface area contributed by atoms with E-state index in [1.54, 1.807) is 10.7 Å². The summed E-state index contributed by atoms with van der Waals surface area (Å²) < 4.78 is 35.0. The summed E-state index contributed by atoms with van der Waals surface area (Å²) >= 11 is 0. The Labute approximate surface area is 200 Å². The van der Waals surface area contributed by atoms with Gasteiger partial charge in [0.05, 0.1) is 4.90 Å². The van der Waals surface area contributed by atoms with Gasteiger partial charge in [0.1, 0.15) is 5.69 Å². The Hall–Kier alpha value is -3.05. The van der Waals surface area contributed by atoms with Gasteiger partial charge in [0, 0.05) is 30.9 Å². The van der Waals surface area contributed by atoms with Crippen LogP contribution in [0.4, 0.5) is 6.01 Å². The maximum atomic E-state index is 13.1. The van der Waals surface area contributed by atoms with E-state index >= 15 is 0 Å². The minimum absolute atomic E-state index is 0.0684. The van der Waals surface area contributed by atoms with Crippen molar-refractivity contribution in [3.63, 3.8) is 0 Å². The van der Waals surface area contributed by atoms with E-state index in [9.17, 15) is 13.2 Å². The van der Waals surface area contributed by atoms with Crippen LogP contribution in [0.2, 0.25) is 0 Å². The van der Waals surface area contributed by atoms with Crippen molar-refractivity contribution in [2.45, 2.75) is 64.3 Å². The van der Waals surface area contributed by atoms with Crippen LogP contribution >= 0.6 is 0 Å². The molecule has 2 aromatic heterocycles. The molecule has 0 aliphatic rings. The summed E-state index contributed by atoms with van der Waals surface area (Å²) in [4.78, 5) is 12.8. The molecule has 0 unspecified atom stereocenters. The number of nitrogens with zero attached hydrogens (tertiary/aromatic N) is 5. The molecular formula is C23H32N6O4S. The third-order valence-corrected chi connectivity index (χ3v) is 7.19. The summed E-state index contributed by atoms with van der Waals surface area (Å²) in [5, 5.41) is 14.7. The van der Waals surface area contributed by atoms with E-state index in [-0.39, 0.29) is 28.4 Å². The Morgan fingerprint density at radius 1 is 1.06 bits per heavy atom. The summed E-state index contributed by atoms with van der Waals surface area (Å²) in [7, 11) is -3.63. The zero-order valence-corrected chi connectivity index (χ0v) is 20.9. The van der Waals surface area contributed by atoms with Crippen LogP contribution in [0.25, 0.3) is 11.6 Å². The molecule has 1 amide bonds. The van der Waals surface area contributed by atoms with Crippen LogP contribution in [0.5, 0.6) is 0 Å². The highest BCUT2D eigenvalue weighted by Gasteiger charge is 2.24. The first-order valence-electron chi connectivity index (χ1n) is 11.6. The number of carbonyl (C=O) groups excluding carboxylic acids is 1. The van der Waals surface area contributed by atoms with E-state index in [1.807, 2.05) is 33.9 Å². The highest BCUT2D eigenvalue weighted by Crippen LogP contribution is 2.21. The number of unbranched alkanes of at least 4 members (excludes halogenated alkanes) is 2. The van der Waals surface area contributed by atoms with Crippen LogP contribution in [0, 0.1) is 0 Å². The topological polar surface area (TPSA) is 123 Å². The fraction of sp³-hybridized carbons (Fsp3) is 0.478. The Morgan fingerprint density at radius 2 is 1.71 bits per heavy atom. The average molecular weight is 489 g/mol. The highest BCUT2D eigenvalue weighted by molar-refractivity contribution is 7.89. The van der Waals surface area contributed by atoms with Crippen molar-refractivity contribution in [1.82, 2.24) is 24.3 Å². The van der Waals surface area contributed by atoms with Gasteiger partial charge in [-0.15, -0.1) is 5.10 Å². The first-order valence-corrected chi connectivity index (χ1v) is 13.0.